The summed E-state index contributed by atoms with van der Waals surface area (Å²) in [5.74, 6) is 0. The average Bonchev–Trinajstić information content (AvgIpc) is 2.76. The van der Waals surface area contributed by atoms with Crippen LogP contribution < -0.4 is 0 Å². The van der Waals surface area contributed by atoms with Crippen molar-refractivity contribution < 1.29 is 0 Å². The maximum absolute atomic E-state index is 4.85. The maximum atomic E-state index is 4.85. The van der Waals surface area contributed by atoms with Crippen molar-refractivity contribution >= 4 is 0 Å². The van der Waals surface area contributed by atoms with Crippen molar-refractivity contribution in [1.82, 2.24) is 9.78 Å². The second kappa shape index (κ2) is 2.66. The first kappa shape index (κ1) is 9.44. The summed E-state index contributed by atoms with van der Waals surface area (Å²) >= 11 is 0. The van der Waals surface area contributed by atoms with E-state index in [-0.39, 0.29) is 5.54 Å². The number of hydrogen-bond donors (Lipinski definition) is 0. The summed E-state index contributed by atoms with van der Waals surface area (Å²) in [6.07, 6.45) is 9.02. The lowest BCUT2D eigenvalue weighted by atomic mass is 9.85. The number of nitrogens with zero attached hydrogens (tertiary/aromatic N) is 2. The van der Waals surface area contributed by atoms with Crippen molar-refractivity contribution in [2.24, 2.45) is 0 Å². The SMILES string of the molecule is CC(C)(C)n1cc2c(n1)C1(CCC2)CC1. The molecule has 15 heavy (non-hydrogen) atoms. The van der Waals surface area contributed by atoms with Gasteiger partial charge in [0.1, 0.15) is 0 Å². The normalized spacial score (nSPS) is 22.9. The summed E-state index contributed by atoms with van der Waals surface area (Å²) < 4.78 is 2.17. The highest BCUT2D eigenvalue weighted by Crippen LogP contribution is 2.54. The Balaban J connectivity index is 2.07. The van der Waals surface area contributed by atoms with E-state index in [1.807, 2.05) is 0 Å². The zero-order valence-electron chi connectivity index (χ0n) is 10.0. The lowest BCUT2D eigenvalue weighted by Crippen LogP contribution is -2.23. The summed E-state index contributed by atoms with van der Waals surface area (Å²) in [7, 11) is 0. The van der Waals surface area contributed by atoms with Crippen LogP contribution in [0.3, 0.4) is 0 Å². The fraction of sp³-hybridized carbons (Fsp3) is 0.769. The Morgan fingerprint density at radius 1 is 1.27 bits per heavy atom. The minimum Gasteiger partial charge on any atom is -0.267 e. The van der Waals surface area contributed by atoms with Crippen LogP contribution in [-0.2, 0) is 17.4 Å². The molecule has 1 aromatic rings. The van der Waals surface area contributed by atoms with E-state index >= 15 is 0 Å². The number of rotatable bonds is 0. The first-order valence-corrected chi connectivity index (χ1v) is 6.11. The Labute approximate surface area is 91.7 Å². The van der Waals surface area contributed by atoms with Crippen molar-refractivity contribution in [3.05, 3.63) is 17.5 Å². The zero-order chi connectivity index (χ0) is 10.7. The van der Waals surface area contributed by atoms with E-state index in [9.17, 15) is 0 Å². The Hall–Kier alpha value is -0.790. The number of fused-ring (bicyclic) bond motifs is 2. The molecule has 0 radical (unpaired) electrons. The summed E-state index contributed by atoms with van der Waals surface area (Å²) in [6, 6.07) is 0. The molecule has 2 heteroatoms. The molecule has 0 atom stereocenters. The number of hydrogen-bond acceptors (Lipinski definition) is 1. The Bertz CT molecular complexity index is 391. The van der Waals surface area contributed by atoms with Crippen LogP contribution in [0.25, 0.3) is 0 Å². The highest BCUT2D eigenvalue weighted by molar-refractivity contribution is 5.34. The molecule has 2 aliphatic rings. The molecular formula is C13H20N2. The van der Waals surface area contributed by atoms with Gasteiger partial charge in [0.2, 0.25) is 0 Å². The molecule has 0 saturated heterocycles. The van der Waals surface area contributed by atoms with Crippen molar-refractivity contribution in [1.29, 1.82) is 0 Å². The van der Waals surface area contributed by atoms with Gasteiger partial charge in [0.05, 0.1) is 11.2 Å². The van der Waals surface area contributed by atoms with Gasteiger partial charge in [-0.15, -0.1) is 0 Å². The Kier molecular flexibility index (Phi) is 1.67. The van der Waals surface area contributed by atoms with Gasteiger partial charge in [-0.3, -0.25) is 4.68 Å². The molecule has 1 saturated carbocycles. The van der Waals surface area contributed by atoms with Crippen LogP contribution >= 0.6 is 0 Å². The fourth-order valence-electron chi connectivity index (χ4n) is 2.76. The lowest BCUT2D eigenvalue weighted by molar-refractivity contribution is 0.350. The molecule has 1 spiro atoms. The van der Waals surface area contributed by atoms with Gasteiger partial charge in [0.15, 0.2) is 0 Å². The predicted molar refractivity (Wildman–Crippen MR) is 61.1 cm³/mol. The third kappa shape index (κ3) is 1.34. The van der Waals surface area contributed by atoms with Crippen LogP contribution in [0.4, 0.5) is 0 Å². The van der Waals surface area contributed by atoms with Gasteiger partial charge in [0.25, 0.3) is 0 Å². The summed E-state index contributed by atoms with van der Waals surface area (Å²) in [5.41, 5.74) is 3.61. The van der Waals surface area contributed by atoms with Crippen LogP contribution in [0.15, 0.2) is 6.20 Å². The molecule has 0 bridgehead atoms. The lowest BCUT2D eigenvalue weighted by Gasteiger charge is -2.20. The standard InChI is InChI=1S/C13H20N2/c1-12(2,3)15-9-10-5-4-6-13(7-8-13)11(10)14-15/h9H,4-8H2,1-3H3. The molecular weight excluding hydrogens is 184 g/mol. The van der Waals surface area contributed by atoms with E-state index in [1.165, 1.54) is 43.4 Å². The number of aryl methyl sites for hydroxylation is 1. The molecule has 1 aromatic heterocycles. The fourth-order valence-corrected chi connectivity index (χ4v) is 2.76. The van der Waals surface area contributed by atoms with E-state index in [0.29, 0.717) is 5.41 Å². The predicted octanol–water partition coefficient (Wildman–Crippen LogP) is 3.01. The van der Waals surface area contributed by atoms with Crippen molar-refractivity contribution in [2.75, 3.05) is 0 Å². The second-order valence-electron chi connectivity index (χ2n) is 6.25. The summed E-state index contributed by atoms with van der Waals surface area (Å²) in [5, 5.41) is 4.85. The van der Waals surface area contributed by atoms with Gasteiger partial charge >= 0.3 is 0 Å². The van der Waals surface area contributed by atoms with E-state index in [4.69, 9.17) is 5.10 Å². The van der Waals surface area contributed by atoms with Gasteiger partial charge < -0.3 is 0 Å². The molecule has 0 amide bonds. The minimum absolute atomic E-state index is 0.132. The zero-order valence-corrected chi connectivity index (χ0v) is 10.0. The molecule has 2 aliphatic carbocycles. The quantitative estimate of drug-likeness (QED) is 0.635. The van der Waals surface area contributed by atoms with Gasteiger partial charge in [0, 0.05) is 11.6 Å². The topological polar surface area (TPSA) is 17.8 Å². The second-order valence-corrected chi connectivity index (χ2v) is 6.25. The third-order valence-electron chi connectivity index (χ3n) is 3.93. The van der Waals surface area contributed by atoms with Crippen LogP contribution in [0.1, 0.15) is 57.7 Å². The third-order valence-corrected chi connectivity index (χ3v) is 3.93. The van der Waals surface area contributed by atoms with Crippen molar-refractivity contribution in [2.45, 2.75) is 63.8 Å². The molecule has 1 fully saturated rings. The Morgan fingerprint density at radius 2 is 2.00 bits per heavy atom. The molecule has 0 unspecified atom stereocenters. The number of aromatic nitrogens is 2. The molecule has 2 nitrogen and oxygen atoms in total. The van der Waals surface area contributed by atoms with Gasteiger partial charge in [-0.2, -0.15) is 5.10 Å². The summed E-state index contributed by atoms with van der Waals surface area (Å²) in [4.78, 5) is 0. The molecule has 3 rings (SSSR count). The van der Waals surface area contributed by atoms with Gasteiger partial charge in [-0.25, -0.2) is 0 Å². The Morgan fingerprint density at radius 3 is 2.60 bits per heavy atom. The molecule has 82 valence electrons. The average molecular weight is 204 g/mol. The van der Waals surface area contributed by atoms with Gasteiger partial charge in [-0.05, 0) is 58.4 Å². The molecule has 0 N–H and O–H groups in total. The maximum Gasteiger partial charge on any atom is 0.0718 e. The van der Waals surface area contributed by atoms with Crippen LogP contribution in [0.5, 0.6) is 0 Å². The first-order chi connectivity index (χ1) is 7.01. The van der Waals surface area contributed by atoms with Crippen LogP contribution in [0.2, 0.25) is 0 Å². The first-order valence-electron chi connectivity index (χ1n) is 6.11. The van der Waals surface area contributed by atoms with E-state index < -0.39 is 0 Å². The minimum atomic E-state index is 0.132. The van der Waals surface area contributed by atoms with E-state index in [1.54, 1.807) is 0 Å². The summed E-state index contributed by atoms with van der Waals surface area (Å²) in [6.45, 7) is 6.68. The largest absolute Gasteiger partial charge is 0.267 e. The van der Waals surface area contributed by atoms with E-state index in [2.05, 4.69) is 31.6 Å². The van der Waals surface area contributed by atoms with Gasteiger partial charge in [-0.1, -0.05) is 0 Å². The van der Waals surface area contributed by atoms with Crippen molar-refractivity contribution in [3.8, 4) is 0 Å². The highest BCUT2D eigenvalue weighted by Gasteiger charge is 2.49. The van der Waals surface area contributed by atoms with Crippen LogP contribution in [-0.4, -0.2) is 9.78 Å². The molecule has 1 heterocycles. The van der Waals surface area contributed by atoms with Crippen molar-refractivity contribution in [3.63, 3.8) is 0 Å². The smallest absolute Gasteiger partial charge is 0.0718 e. The van der Waals surface area contributed by atoms with E-state index in [0.717, 1.165) is 0 Å². The molecule has 0 aliphatic heterocycles. The van der Waals surface area contributed by atoms with Crippen LogP contribution in [0, 0.1) is 0 Å². The molecule has 0 aromatic carbocycles. The monoisotopic (exact) mass is 204 g/mol. The highest BCUT2D eigenvalue weighted by atomic mass is 15.3.